The third-order valence-corrected chi connectivity index (χ3v) is 5.65. The van der Waals surface area contributed by atoms with Crippen LogP contribution in [0.2, 0.25) is 0 Å². The molecule has 2 heterocycles. The number of benzene rings is 2. The first-order chi connectivity index (χ1) is 14.2. The number of rotatable bonds is 7. The topological polar surface area (TPSA) is 82.8 Å². The standard InChI is InChI=1S/C21H20N2O5S/c1-26-20(25)16-5-2-14(3-6-16)12-29-21-22-9-17(11-24)23(21)10-15-4-7-18-19(8-15)28-13-27-18/h2-9,24H,10-13H2,1H3. The minimum Gasteiger partial charge on any atom is -0.465 e. The summed E-state index contributed by atoms with van der Waals surface area (Å²) < 4.78 is 17.5. The first-order valence-corrected chi connectivity index (χ1v) is 10.0. The number of thioether (sulfide) groups is 1. The Balaban J connectivity index is 1.48. The molecule has 150 valence electrons. The number of imidazole rings is 1. The van der Waals surface area contributed by atoms with Gasteiger partial charge < -0.3 is 23.9 Å². The third-order valence-electron chi connectivity index (χ3n) is 4.58. The van der Waals surface area contributed by atoms with Crippen molar-refractivity contribution in [2.24, 2.45) is 0 Å². The van der Waals surface area contributed by atoms with Crippen LogP contribution in [0, 0.1) is 0 Å². The second-order valence-electron chi connectivity index (χ2n) is 6.44. The largest absolute Gasteiger partial charge is 0.465 e. The maximum absolute atomic E-state index is 11.5. The number of hydrogen-bond acceptors (Lipinski definition) is 7. The van der Waals surface area contributed by atoms with Gasteiger partial charge in [-0.15, -0.1) is 0 Å². The highest BCUT2D eigenvalue weighted by molar-refractivity contribution is 7.98. The summed E-state index contributed by atoms with van der Waals surface area (Å²) >= 11 is 1.57. The molecule has 0 amide bonds. The molecule has 0 aliphatic carbocycles. The Bertz CT molecular complexity index is 1020. The number of carbonyl (C=O) groups excluding carboxylic acids is 1. The van der Waals surface area contributed by atoms with Gasteiger partial charge in [-0.05, 0) is 35.4 Å². The van der Waals surface area contributed by atoms with Crippen LogP contribution in [-0.2, 0) is 23.6 Å². The molecule has 0 atom stereocenters. The minimum atomic E-state index is -0.351. The first-order valence-electron chi connectivity index (χ1n) is 9.02. The fraction of sp³-hybridized carbons (Fsp3) is 0.238. The lowest BCUT2D eigenvalue weighted by molar-refractivity contribution is 0.0600. The maximum atomic E-state index is 11.5. The van der Waals surface area contributed by atoms with Gasteiger partial charge in [-0.25, -0.2) is 9.78 Å². The molecule has 7 nitrogen and oxygen atoms in total. The van der Waals surface area contributed by atoms with E-state index in [9.17, 15) is 9.90 Å². The lowest BCUT2D eigenvalue weighted by Crippen LogP contribution is -2.06. The van der Waals surface area contributed by atoms with E-state index < -0.39 is 0 Å². The molecule has 2 aromatic carbocycles. The van der Waals surface area contributed by atoms with Crippen molar-refractivity contribution in [1.29, 1.82) is 0 Å². The van der Waals surface area contributed by atoms with E-state index in [1.165, 1.54) is 7.11 Å². The van der Waals surface area contributed by atoms with Gasteiger partial charge in [0.2, 0.25) is 6.79 Å². The van der Waals surface area contributed by atoms with Gasteiger partial charge in [-0.1, -0.05) is 30.0 Å². The monoisotopic (exact) mass is 412 g/mol. The van der Waals surface area contributed by atoms with E-state index in [1.807, 2.05) is 34.9 Å². The molecule has 0 radical (unpaired) electrons. The maximum Gasteiger partial charge on any atom is 0.337 e. The molecule has 0 spiro atoms. The van der Waals surface area contributed by atoms with Crippen molar-refractivity contribution in [3.8, 4) is 11.5 Å². The summed E-state index contributed by atoms with van der Waals surface area (Å²) in [7, 11) is 1.37. The number of aliphatic hydroxyl groups is 1. The van der Waals surface area contributed by atoms with Gasteiger partial charge >= 0.3 is 5.97 Å². The molecule has 29 heavy (non-hydrogen) atoms. The Labute approximate surface area is 172 Å². The number of carbonyl (C=O) groups is 1. The normalized spacial score (nSPS) is 12.2. The highest BCUT2D eigenvalue weighted by atomic mass is 32.2. The molecule has 4 rings (SSSR count). The zero-order valence-electron chi connectivity index (χ0n) is 15.8. The Morgan fingerprint density at radius 1 is 1.17 bits per heavy atom. The number of hydrogen-bond donors (Lipinski definition) is 1. The number of esters is 1. The van der Waals surface area contributed by atoms with E-state index in [0.29, 0.717) is 17.9 Å². The van der Waals surface area contributed by atoms with Crippen molar-refractivity contribution in [1.82, 2.24) is 9.55 Å². The molecule has 8 heteroatoms. The van der Waals surface area contributed by atoms with E-state index >= 15 is 0 Å². The lowest BCUT2D eigenvalue weighted by atomic mass is 10.1. The Morgan fingerprint density at radius 3 is 2.69 bits per heavy atom. The van der Waals surface area contributed by atoms with Gasteiger partial charge in [0.15, 0.2) is 16.7 Å². The molecular weight excluding hydrogens is 392 g/mol. The van der Waals surface area contributed by atoms with Gasteiger partial charge in [-0.2, -0.15) is 0 Å². The molecule has 1 aromatic heterocycles. The van der Waals surface area contributed by atoms with Crippen molar-refractivity contribution < 1.29 is 24.1 Å². The van der Waals surface area contributed by atoms with Crippen molar-refractivity contribution in [2.45, 2.75) is 24.1 Å². The zero-order valence-corrected chi connectivity index (χ0v) is 16.6. The predicted molar refractivity (Wildman–Crippen MR) is 107 cm³/mol. The van der Waals surface area contributed by atoms with E-state index in [-0.39, 0.29) is 19.4 Å². The Morgan fingerprint density at radius 2 is 1.93 bits per heavy atom. The van der Waals surface area contributed by atoms with Gasteiger partial charge in [0.05, 0.1) is 37.7 Å². The summed E-state index contributed by atoms with van der Waals surface area (Å²) in [4.78, 5) is 16.0. The van der Waals surface area contributed by atoms with E-state index in [1.54, 1.807) is 30.1 Å². The molecule has 0 unspecified atom stereocenters. The summed E-state index contributed by atoms with van der Waals surface area (Å²) in [5.41, 5.74) is 3.36. The number of aliphatic hydroxyl groups excluding tert-OH is 1. The molecule has 3 aromatic rings. The van der Waals surface area contributed by atoms with Crippen LogP contribution in [0.4, 0.5) is 0 Å². The van der Waals surface area contributed by atoms with Crippen LogP contribution >= 0.6 is 11.8 Å². The second kappa shape index (κ2) is 8.59. The van der Waals surface area contributed by atoms with E-state index in [0.717, 1.165) is 33.5 Å². The molecule has 0 saturated heterocycles. The third kappa shape index (κ3) is 4.23. The predicted octanol–water partition coefficient (Wildman–Crippen LogP) is 3.23. The summed E-state index contributed by atoms with van der Waals surface area (Å²) in [6, 6.07) is 13.1. The summed E-state index contributed by atoms with van der Waals surface area (Å²) in [6.07, 6.45) is 1.69. The molecule has 0 saturated carbocycles. The fourth-order valence-electron chi connectivity index (χ4n) is 3.03. The van der Waals surface area contributed by atoms with Crippen molar-refractivity contribution in [3.05, 3.63) is 71.0 Å². The van der Waals surface area contributed by atoms with Crippen molar-refractivity contribution in [3.63, 3.8) is 0 Å². The first kappa shape index (κ1) is 19.4. The fourth-order valence-corrected chi connectivity index (χ4v) is 3.98. The van der Waals surface area contributed by atoms with Crippen LogP contribution in [0.5, 0.6) is 11.5 Å². The van der Waals surface area contributed by atoms with Crippen LogP contribution in [0.15, 0.2) is 53.8 Å². The van der Waals surface area contributed by atoms with Crippen LogP contribution in [0.3, 0.4) is 0 Å². The van der Waals surface area contributed by atoms with E-state index in [2.05, 4.69) is 4.98 Å². The minimum absolute atomic E-state index is 0.0913. The number of fused-ring (bicyclic) bond motifs is 1. The zero-order chi connectivity index (χ0) is 20.2. The summed E-state index contributed by atoms with van der Waals surface area (Å²) in [5.74, 6) is 1.81. The summed E-state index contributed by atoms with van der Waals surface area (Å²) in [5, 5.41) is 10.5. The second-order valence-corrected chi connectivity index (χ2v) is 7.38. The lowest BCUT2D eigenvalue weighted by Gasteiger charge is -2.11. The van der Waals surface area contributed by atoms with Crippen LogP contribution in [0.1, 0.15) is 27.2 Å². The Kier molecular flexibility index (Phi) is 5.73. The van der Waals surface area contributed by atoms with Gasteiger partial charge in [0, 0.05) is 5.75 Å². The number of nitrogens with zero attached hydrogens (tertiary/aromatic N) is 2. The average molecular weight is 412 g/mol. The average Bonchev–Trinajstić information content (AvgIpc) is 3.38. The van der Waals surface area contributed by atoms with Crippen molar-refractivity contribution >= 4 is 17.7 Å². The molecule has 0 bridgehead atoms. The number of aromatic nitrogens is 2. The molecule has 1 N–H and O–H groups in total. The smallest absolute Gasteiger partial charge is 0.337 e. The number of methoxy groups -OCH3 is 1. The molecule has 0 fully saturated rings. The van der Waals surface area contributed by atoms with Crippen LogP contribution < -0.4 is 9.47 Å². The molecule has 1 aliphatic heterocycles. The van der Waals surface area contributed by atoms with Gasteiger partial charge in [-0.3, -0.25) is 0 Å². The summed E-state index contributed by atoms with van der Waals surface area (Å²) in [6.45, 7) is 0.712. The highest BCUT2D eigenvalue weighted by Crippen LogP contribution is 2.33. The molecule has 1 aliphatic rings. The highest BCUT2D eigenvalue weighted by Gasteiger charge is 2.16. The van der Waals surface area contributed by atoms with Crippen molar-refractivity contribution in [2.75, 3.05) is 13.9 Å². The van der Waals surface area contributed by atoms with Crippen LogP contribution in [0.25, 0.3) is 0 Å². The Hall–Kier alpha value is -2.97. The number of ether oxygens (including phenoxy) is 3. The van der Waals surface area contributed by atoms with Gasteiger partial charge in [0.25, 0.3) is 0 Å². The van der Waals surface area contributed by atoms with Crippen LogP contribution in [-0.4, -0.2) is 34.5 Å². The molecular formula is C21H20N2O5S. The SMILES string of the molecule is COC(=O)c1ccc(CSc2ncc(CO)n2Cc2ccc3c(c2)OCO3)cc1. The van der Waals surface area contributed by atoms with E-state index in [4.69, 9.17) is 14.2 Å². The van der Waals surface area contributed by atoms with Gasteiger partial charge in [0.1, 0.15) is 0 Å². The quantitative estimate of drug-likeness (QED) is 0.471.